The molecule has 0 saturated heterocycles. The number of H-pyrrole nitrogens is 1. The number of nitrogens with one attached hydrogen (secondary N) is 2. The van der Waals surface area contributed by atoms with Gasteiger partial charge in [-0.2, -0.15) is 4.99 Å². The fourth-order valence-corrected chi connectivity index (χ4v) is 1.72. The van der Waals surface area contributed by atoms with Crippen LogP contribution in [0.5, 0.6) is 0 Å². The second kappa shape index (κ2) is 8.74. The minimum absolute atomic E-state index is 0.0622. The molecule has 8 heteroatoms. The highest BCUT2D eigenvalue weighted by Crippen LogP contribution is 2.10. The number of aromatic amines is 1. The zero-order valence-electron chi connectivity index (χ0n) is 14.0. The number of pyridine rings is 1. The first-order valence-electron chi connectivity index (χ1n) is 7.16. The number of amidine groups is 1. The molecule has 0 aliphatic carbocycles. The van der Waals surface area contributed by atoms with Crippen LogP contribution in [0.3, 0.4) is 0 Å². The zero-order valence-corrected chi connectivity index (χ0v) is 14.0. The van der Waals surface area contributed by atoms with Gasteiger partial charge in [0.15, 0.2) is 0 Å². The third-order valence-electron chi connectivity index (χ3n) is 3.02. The van der Waals surface area contributed by atoms with Gasteiger partial charge in [-0.05, 0) is 32.4 Å². The van der Waals surface area contributed by atoms with Crippen molar-refractivity contribution in [2.75, 3.05) is 46.2 Å². The number of hydrogen-bond donors (Lipinski definition) is 3. The summed E-state index contributed by atoms with van der Waals surface area (Å²) >= 11 is 0. The predicted octanol–water partition coefficient (Wildman–Crippen LogP) is -0.397. The summed E-state index contributed by atoms with van der Waals surface area (Å²) in [6.45, 7) is 1.52. The lowest BCUT2D eigenvalue weighted by Gasteiger charge is -2.21. The molecule has 1 rings (SSSR count). The maximum Gasteiger partial charge on any atom is 0.279 e. The van der Waals surface area contributed by atoms with Crippen LogP contribution in [0.4, 0.5) is 5.82 Å². The van der Waals surface area contributed by atoms with Gasteiger partial charge in [0.25, 0.3) is 5.91 Å². The van der Waals surface area contributed by atoms with Crippen molar-refractivity contribution in [2.24, 2.45) is 10.7 Å². The predicted molar refractivity (Wildman–Crippen MR) is 93.0 cm³/mol. The van der Waals surface area contributed by atoms with Crippen molar-refractivity contribution in [2.45, 2.75) is 0 Å². The van der Waals surface area contributed by atoms with Crippen molar-refractivity contribution >= 4 is 17.6 Å². The van der Waals surface area contributed by atoms with Crippen LogP contribution in [0, 0.1) is 0 Å². The second-order valence-electron chi connectivity index (χ2n) is 5.31. The van der Waals surface area contributed by atoms with Crippen LogP contribution in [-0.2, 0) is 0 Å². The summed E-state index contributed by atoms with van der Waals surface area (Å²) in [5, 5.41) is 2.75. The molecule has 0 spiro atoms. The Labute approximate surface area is 135 Å². The Morgan fingerprint density at radius 2 is 2.04 bits per heavy atom. The number of anilines is 1. The SMILES string of the molecule is CN/C=C\C(N)=NC(=O)c1cc(N(C)CCN(C)C)[nH]c(=O)c1. The van der Waals surface area contributed by atoms with Gasteiger partial charge in [0.05, 0.1) is 5.56 Å². The number of carbonyl (C=O) groups excluding carboxylic acids is 1. The van der Waals surface area contributed by atoms with Crippen LogP contribution in [0.25, 0.3) is 0 Å². The molecule has 0 aliphatic heterocycles. The molecule has 126 valence electrons. The summed E-state index contributed by atoms with van der Waals surface area (Å²) in [5.74, 6) is 0.0611. The number of aliphatic imine (C=N–C) groups is 1. The number of amides is 1. The summed E-state index contributed by atoms with van der Waals surface area (Å²) in [6.07, 6.45) is 3.03. The van der Waals surface area contributed by atoms with Gasteiger partial charge in [0, 0.05) is 33.3 Å². The summed E-state index contributed by atoms with van der Waals surface area (Å²) in [4.78, 5) is 34.2. The van der Waals surface area contributed by atoms with Gasteiger partial charge >= 0.3 is 0 Å². The first-order chi connectivity index (χ1) is 10.8. The van der Waals surface area contributed by atoms with Gasteiger partial charge in [0.1, 0.15) is 11.7 Å². The Bertz CT molecular complexity index is 648. The van der Waals surface area contributed by atoms with Crippen LogP contribution < -0.4 is 21.5 Å². The summed E-state index contributed by atoms with van der Waals surface area (Å²) in [7, 11) is 7.48. The summed E-state index contributed by atoms with van der Waals surface area (Å²) < 4.78 is 0. The van der Waals surface area contributed by atoms with Gasteiger partial charge in [0.2, 0.25) is 5.56 Å². The second-order valence-corrected chi connectivity index (χ2v) is 5.31. The zero-order chi connectivity index (χ0) is 17.4. The van der Waals surface area contributed by atoms with E-state index < -0.39 is 5.91 Å². The van der Waals surface area contributed by atoms with Crippen LogP contribution >= 0.6 is 0 Å². The molecule has 0 saturated carbocycles. The number of rotatable bonds is 7. The molecule has 0 bridgehead atoms. The number of nitrogens with zero attached hydrogens (tertiary/aromatic N) is 3. The molecule has 0 unspecified atom stereocenters. The monoisotopic (exact) mass is 320 g/mol. The molecule has 0 atom stereocenters. The normalized spacial score (nSPS) is 12.0. The smallest absolute Gasteiger partial charge is 0.279 e. The van der Waals surface area contributed by atoms with E-state index in [0.29, 0.717) is 12.4 Å². The first kappa shape index (κ1) is 18.4. The van der Waals surface area contributed by atoms with Crippen LogP contribution in [0.2, 0.25) is 0 Å². The average Bonchev–Trinajstić information content (AvgIpc) is 2.49. The number of nitrogens with two attached hydrogens (primary N) is 1. The molecule has 23 heavy (non-hydrogen) atoms. The first-order valence-corrected chi connectivity index (χ1v) is 7.16. The Morgan fingerprint density at radius 3 is 2.65 bits per heavy atom. The fourth-order valence-electron chi connectivity index (χ4n) is 1.72. The molecular formula is C15H24N6O2. The van der Waals surface area contributed by atoms with E-state index in [9.17, 15) is 9.59 Å². The number of hydrogen-bond acceptors (Lipinski definition) is 5. The fraction of sp³-hybridized carbons (Fsp3) is 0.400. The Kier molecular flexibility index (Phi) is 7.01. The Morgan fingerprint density at radius 1 is 1.35 bits per heavy atom. The van der Waals surface area contributed by atoms with Crippen molar-refractivity contribution < 1.29 is 4.79 Å². The molecule has 1 heterocycles. The van der Waals surface area contributed by atoms with Crippen molar-refractivity contribution in [3.63, 3.8) is 0 Å². The molecule has 4 N–H and O–H groups in total. The van der Waals surface area contributed by atoms with Crippen molar-refractivity contribution in [1.29, 1.82) is 0 Å². The molecule has 0 aliphatic rings. The minimum Gasteiger partial charge on any atom is -0.394 e. The Hall–Kier alpha value is -2.61. The van der Waals surface area contributed by atoms with E-state index in [1.807, 2.05) is 30.9 Å². The van der Waals surface area contributed by atoms with E-state index in [1.165, 1.54) is 12.1 Å². The average molecular weight is 320 g/mol. The molecule has 0 aromatic carbocycles. The van der Waals surface area contributed by atoms with E-state index in [-0.39, 0.29) is 17.0 Å². The molecule has 0 fully saturated rings. The highest BCUT2D eigenvalue weighted by molar-refractivity contribution is 6.06. The van der Waals surface area contributed by atoms with Gasteiger partial charge in [-0.3, -0.25) is 9.59 Å². The van der Waals surface area contributed by atoms with Gasteiger partial charge in [-0.1, -0.05) is 0 Å². The minimum atomic E-state index is -0.559. The lowest BCUT2D eigenvalue weighted by atomic mass is 10.2. The standard InChI is InChI=1S/C15H24N6O2/c1-17-6-5-12(16)18-15(23)11-9-13(19-14(22)10-11)21(4)8-7-20(2)3/h5-6,9-10,17H,7-8H2,1-4H3,(H,19,22)(H2,16,18,23)/b6-5-. The molecule has 8 nitrogen and oxygen atoms in total. The third kappa shape index (κ3) is 6.35. The van der Waals surface area contributed by atoms with Crippen molar-refractivity contribution in [3.05, 3.63) is 40.3 Å². The van der Waals surface area contributed by atoms with E-state index in [1.54, 1.807) is 19.3 Å². The van der Waals surface area contributed by atoms with E-state index in [4.69, 9.17) is 5.73 Å². The number of carbonyl (C=O) groups is 1. The lowest BCUT2D eigenvalue weighted by molar-refractivity contribution is 0.100. The quantitative estimate of drug-likeness (QED) is 0.466. The lowest BCUT2D eigenvalue weighted by Crippen LogP contribution is -2.30. The maximum absolute atomic E-state index is 12.1. The van der Waals surface area contributed by atoms with Crippen LogP contribution in [-0.4, -0.2) is 62.9 Å². The Balaban J connectivity index is 2.98. The molecule has 1 amide bonds. The highest BCUT2D eigenvalue weighted by atomic mass is 16.1. The van der Waals surface area contributed by atoms with Crippen LogP contribution in [0.1, 0.15) is 10.4 Å². The van der Waals surface area contributed by atoms with E-state index in [0.717, 1.165) is 6.54 Å². The topological polar surface area (TPSA) is 107 Å². The molecule has 1 aromatic rings. The van der Waals surface area contributed by atoms with Gasteiger partial charge < -0.3 is 25.8 Å². The van der Waals surface area contributed by atoms with Gasteiger partial charge in [-0.15, -0.1) is 0 Å². The third-order valence-corrected chi connectivity index (χ3v) is 3.02. The number of likely N-dealkylation sites (N-methyl/N-ethyl adjacent to an activating group) is 2. The number of aromatic nitrogens is 1. The largest absolute Gasteiger partial charge is 0.394 e. The van der Waals surface area contributed by atoms with E-state index in [2.05, 4.69) is 15.3 Å². The maximum atomic E-state index is 12.1. The van der Waals surface area contributed by atoms with E-state index >= 15 is 0 Å². The van der Waals surface area contributed by atoms with Crippen LogP contribution in [0.15, 0.2) is 34.2 Å². The molecule has 1 aromatic heterocycles. The highest BCUT2D eigenvalue weighted by Gasteiger charge is 2.10. The van der Waals surface area contributed by atoms with Gasteiger partial charge in [-0.25, -0.2) is 0 Å². The molecular weight excluding hydrogens is 296 g/mol. The van der Waals surface area contributed by atoms with Crippen molar-refractivity contribution in [3.8, 4) is 0 Å². The van der Waals surface area contributed by atoms with Crippen molar-refractivity contribution in [1.82, 2.24) is 15.2 Å². The summed E-state index contributed by atoms with van der Waals surface area (Å²) in [5.41, 5.74) is 5.45. The summed E-state index contributed by atoms with van der Waals surface area (Å²) in [6, 6.07) is 2.81. The molecule has 0 radical (unpaired) electrons.